The molecule has 0 bridgehead atoms. The van der Waals surface area contributed by atoms with E-state index in [1.54, 1.807) is 12.2 Å². The van der Waals surface area contributed by atoms with Gasteiger partial charge in [0.15, 0.2) is 5.11 Å². The SMILES string of the molecule is C=CCN1C(=O)C(=Cc2ccc(-c3ccccc3)s2)C(=O)NC1=S. The summed E-state index contributed by atoms with van der Waals surface area (Å²) in [6, 6.07) is 13.8. The fourth-order valence-electron chi connectivity index (χ4n) is 2.32. The Bertz CT molecular complexity index is 853. The highest BCUT2D eigenvalue weighted by molar-refractivity contribution is 7.80. The predicted molar refractivity (Wildman–Crippen MR) is 100 cm³/mol. The lowest BCUT2D eigenvalue weighted by molar-refractivity contribution is -0.128. The molecule has 0 saturated carbocycles. The van der Waals surface area contributed by atoms with Crippen LogP contribution in [-0.2, 0) is 9.59 Å². The third kappa shape index (κ3) is 3.20. The summed E-state index contributed by atoms with van der Waals surface area (Å²) < 4.78 is 0. The molecule has 2 aromatic rings. The van der Waals surface area contributed by atoms with Gasteiger partial charge < -0.3 is 0 Å². The molecule has 1 aliphatic heterocycles. The molecular formula is C18H14N2O2S2. The van der Waals surface area contributed by atoms with E-state index in [1.165, 1.54) is 16.2 Å². The van der Waals surface area contributed by atoms with Gasteiger partial charge in [-0.3, -0.25) is 19.8 Å². The van der Waals surface area contributed by atoms with Gasteiger partial charge in [-0.1, -0.05) is 36.4 Å². The van der Waals surface area contributed by atoms with Crippen LogP contribution in [0.15, 0.2) is 60.7 Å². The quantitative estimate of drug-likeness (QED) is 0.397. The summed E-state index contributed by atoms with van der Waals surface area (Å²) >= 11 is 6.55. The first-order valence-electron chi connectivity index (χ1n) is 7.25. The number of hydrogen-bond donors (Lipinski definition) is 1. The van der Waals surface area contributed by atoms with Crippen molar-refractivity contribution >= 4 is 46.6 Å². The lowest BCUT2D eigenvalue weighted by Crippen LogP contribution is -2.53. The molecule has 3 rings (SSSR count). The Kier molecular flexibility index (Phi) is 4.69. The van der Waals surface area contributed by atoms with E-state index < -0.39 is 11.8 Å². The van der Waals surface area contributed by atoms with Gasteiger partial charge in [-0.05, 0) is 36.0 Å². The van der Waals surface area contributed by atoms with Crippen LogP contribution in [0.2, 0.25) is 0 Å². The number of carbonyl (C=O) groups is 2. The van der Waals surface area contributed by atoms with E-state index in [1.807, 2.05) is 42.5 Å². The summed E-state index contributed by atoms with van der Waals surface area (Å²) in [7, 11) is 0. The minimum absolute atomic E-state index is 0.0758. The topological polar surface area (TPSA) is 49.4 Å². The van der Waals surface area contributed by atoms with Crippen LogP contribution in [0.4, 0.5) is 0 Å². The Morgan fingerprint density at radius 3 is 2.62 bits per heavy atom. The lowest BCUT2D eigenvalue weighted by Gasteiger charge is -2.27. The second-order valence-corrected chi connectivity index (χ2v) is 6.59. The van der Waals surface area contributed by atoms with Gasteiger partial charge in [0.05, 0.1) is 0 Å². The van der Waals surface area contributed by atoms with Gasteiger partial charge >= 0.3 is 0 Å². The van der Waals surface area contributed by atoms with Crippen LogP contribution in [-0.4, -0.2) is 28.4 Å². The van der Waals surface area contributed by atoms with Crippen molar-refractivity contribution in [1.29, 1.82) is 0 Å². The normalized spacial score (nSPS) is 16.4. The number of carbonyl (C=O) groups excluding carboxylic acids is 2. The standard InChI is InChI=1S/C18H14N2O2S2/c1-2-10-20-17(22)14(16(21)19-18(20)23)11-13-8-9-15(24-13)12-6-4-3-5-7-12/h2-9,11H,1,10H2,(H,19,21,23). The first-order chi connectivity index (χ1) is 11.6. The minimum Gasteiger partial charge on any atom is -0.298 e. The Labute approximate surface area is 149 Å². The zero-order valence-electron chi connectivity index (χ0n) is 12.7. The highest BCUT2D eigenvalue weighted by Crippen LogP contribution is 2.29. The molecule has 120 valence electrons. The van der Waals surface area contributed by atoms with E-state index in [0.29, 0.717) is 0 Å². The summed E-state index contributed by atoms with van der Waals surface area (Å²) in [4.78, 5) is 27.8. The van der Waals surface area contributed by atoms with Crippen LogP contribution in [0.3, 0.4) is 0 Å². The number of thiophene rings is 1. The third-order valence-electron chi connectivity index (χ3n) is 3.47. The van der Waals surface area contributed by atoms with E-state index in [-0.39, 0.29) is 17.2 Å². The molecule has 1 fully saturated rings. The molecule has 1 N–H and O–H groups in total. The van der Waals surface area contributed by atoms with E-state index in [2.05, 4.69) is 11.9 Å². The average Bonchev–Trinajstić information content (AvgIpc) is 3.05. The van der Waals surface area contributed by atoms with Crippen LogP contribution in [0.25, 0.3) is 16.5 Å². The van der Waals surface area contributed by atoms with Gasteiger partial charge in [0, 0.05) is 16.3 Å². The van der Waals surface area contributed by atoms with Gasteiger partial charge in [0.1, 0.15) is 5.57 Å². The molecule has 1 saturated heterocycles. The van der Waals surface area contributed by atoms with Crippen LogP contribution >= 0.6 is 23.6 Å². The Morgan fingerprint density at radius 1 is 1.17 bits per heavy atom. The number of amides is 2. The largest absolute Gasteiger partial charge is 0.298 e. The second-order valence-electron chi connectivity index (χ2n) is 5.09. The predicted octanol–water partition coefficient (Wildman–Crippen LogP) is 3.23. The second kappa shape index (κ2) is 6.90. The van der Waals surface area contributed by atoms with Crippen LogP contribution in [0.1, 0.15) is 4.88 Å². The smallest absolute Gasteiger partial charge is 0.265 e. The Balaban J connectivity index is 1.91. The first-order valence-corrected chi connectivity index (χ1v) is 8.47. The summed E-state index contributed by atoms with van der Waals surface area (Å²) in [5.41, 5.74) is 1.17. The number of hydrogen-bond acceptors (Lipinski definition) is 4. The molecule has 2 heterocycles. The molecule has 0 radical (unpaired) electrons. The molecule has 6 heteroatoms. The molecule has 1 aromatic carbocycles. The first kappa shape index (κ1) is 16.3. The van der Waals surface area contributed by atoms with Gasteiger partial charge in [-0.25, -0.2) is 0 Å². The highest BCUT2D eigenvalue weighted by atomic mass is 32.1. The number of nitrogens with one attached hydrogen (secondary N) is 1. The molecule has 0 spiro atoms. The fraction of sp³-hybridized carbons (Fsp3) is 0.0556. The summed E-state index contributed by atoms with van der Waals surface area (Å²) in [5.74, 6) is -0.877. The maximum absolute atomic E-state index is 12.5. The van der Waals surface area contributed by atoms with Crippen molar-refractivity contribution in [2.24, 2.45) is 0 Å². The molecular weight excluding hydrogens is 340 g/mol. The van der Waals surface area contributed by atoms with Crippen molar-refractivity contribution in [2.45, 2.75) is 0 Å². The van der Waals surface area contributed by atoms with Crippen molar-refractivity contribution in [1.82, 2.24) is 10.2 Å². The molecule has 2 amide bonds. The molecule has 1 aromatic heterocycles. The number of nitrogens with zero attached hydrogens (tertiary/aromatic N) is 1. The lowest BCUT2D eigenvalue weighted by atomic mass is 10.1. The van der Waals surface area contributed by atoms with Gasteiger partial charge in [-0.15, -0.1) is 17.9 Å². The van der Waals surface area contributed by atoms with E-state index in [4.69, 9.17) is 12.2 Å². The molecule has 1 aliphatic rings. The third-order valence-corrected chi connectivity index (χ3v) is 4.87. The molecule has 24 heavy (non-hydrogen) atoms. The number of benzene rings is 1. The molecule has 4 nitrogen and oxygen atoms in total. The van der Waals surface area contributed by atoms with Crippen LogP contribution in [0, 0.1) is 0 Å². The zero-order chi connectivity index (χ0) is 17.1. The van der Waals surface area contributed by atoms with E-state index in [0.717, 1.165) is 15.3 Å². The van der Waals surface area contributed by atoms with Gasteiger partial charge in [0.25, 0.3) is 11.8 Å². The average molecular weight is 354 g/mol. The van der Waals surface area contributed by atoms with Crippen molar-refractivity contribution in [3.8, 4) is 10.4 Å². The number of rotatable bonds is 4. The maximum Gasteiger partial charge on any atom is 0.265 e. The Hall–Kier alpha value is -2.57. The van der Waals surface area contributed by atoms with Gasteiger partial charge in [-0.2, -0.15) is 0 Å². The maximum atomic E-state index is 12.5. The summed E-state index contributed by atoms with van der Waals surface area (Å²) in [6.07, 6.45) is 3.17. The van der Waals surface area contributed by atoms with Crippen LogP contribution in [0.5, 0.6) is 0 Å². The molecule has 0 unspecified atom stereocenters. The molecule has 0 atom stereocenters. The summed E-state index contributed by atoms with van der Waals surface area (Å²) in [6.45, 7) is 3.86. The van der Waals surface area contributed by atoms with Crippen molar-refractivity contribution < 1.29 is 9.59 Å². The number of thiocarbonyl (C=S) groups is 1. The fourth-order valence-corrected chi connectivity index (χ4v) is 3.53. The molecule has 0 aliphatic carbocycles. The minimum atomic E-state index is -0.472. The van der Waals surface area contributed by atoms with Crippen molar-refractivity contribution in [3.63, 3.8) is 0 Å². The van der Waals surface area contributed by atoms with Crippen molar-refractivity contribution in [2.75, 3.05) is 6.54 Å². The van der Waals surface area contributed by atoms with E-state index in [9.17, 15) is 9.59 Å². The van der Waals surface area contributed by atoms with E-state index >= 15 is 0 Å². The van der Waals surface area contributed by atoms with Gasteiger partial charge in [0.2, 0.25) is 0 Å². The monoisotopic (exact) mass is 354 g/mol. The zero-order valence-corrected chi connectivity index (χ0v) is 14.3. The van der Waals surface area contributed by atoms with Crippen molar-refractivity contribution in [3.05, 3.63) is 65.6 Å². The van der Waals surface area contributed by atoms with Crippen LogP contribution < -0.4 is 5.32 Å². The Morgan fingerprint density at radius 2 is 1.92 bits per heavy atom. The summed E-state index contributed by atoms with van der Waals surface area (Å²) in [5, 5.41) is 2.65. The highest BCUT2D eigenvalue weighted by Gasteiger charge is 2.32.